The normalized spacial score (nSPS) is 28.2. The molecule has 62 heavy (non-hydrogen) atoms. The number of pyridine rings is 1. The molecule has 7 atom stereocenters. The van der Waals surface area contributed by atoms with Crippen molar-refractivity contribution in [3.05, 3.63) is 42.1 Å². The molecule has 1 saturated heterocycles. The summed E-state index contributed by atoms with van der Waals surface area (Å²) >= 11 is 0. The Labute approximate surface area is 352 Å². The van der Waals surface area contributed by atoms with E-state index in [2.05, 4.69) is 10.3 Å². The van der Waals surface area contributed by atoms with Crippen molar-refractivity contribution in [3.63, 3.8) is 0 Å². The van der Waals surface area contributed by atoms with Crippen LogP contribution < -0.4 is 19.5 Å². The number of nitrogens with zero attached hydrogens (tertiary/aromatic N) is 3. The summed E-state index contributed by atoms with van der Waals surface area (Å²) in [5.74, 6) is -6.23. The largest absolute Gasteiger partial charge is 0.497 e. The second-order valence-electron chi connectivity index (χ2n) is 17.4. The van der Waals surface area contributed by atoms with E-state index < -0.39 is 123 Å². The topological polar surface area (TPSA) is 185 Å². The number of ether oxygens (including phenoxy) is 2. The lowest BCUT2D eigenvalue weighted by Crippen LogP contribution is -2.66. The Morgan fingerprint density at radius 1 is 1.08 bits per heavy atom. The number of alkyl halides is 7. The molecule has 3 heterocycles. The smallest absolute Gasteiger partial charge is 0.433 e. The van der Waals surface area contributed by atoms with Gasteiger partial charge in [-0.3, -0.25) is 24.0 Å². The monoisotopic (exact) mass is 907 g/mol. The average molecular weight is 908 g/mol. The molecule has 4 amide bonds. The number of hydrogen-bond acceptors (Lipinski definition) is 9. The van der Waals surface area contributed by atoms with Gasteiger partial charge in [0.05, 0.1) is 13.7 Å². The van der Waals surface area contributed by atoms with Gasteiger partial charge in [-0.05, 0) is 93.9 Å². The van der Waals surface area contributed by atoms with Crippen molar-refractivity contribution in [3.8, 4) is 11.6 Å². The van der Waals surface area contributed by atoms with Gasteiger partial charge in [-0.1, -0.05) is 26.0 Å². The van der Waals surface area contributed by atoms with E-state index in [9.17, 15) is 63.4 Å². The van der Waals surface area contributed by atoms with Gasteiger partial charge >= 0.3 is 18.4 Å². The third-order valence-electron chi connectivity index (χ3n) is 12.6. The van der Waals surface area contributed by atoms with Crippen LogP contribution in [0.4, 0.5) is 35.5 Å². The van der Waals surface area contributed by atoms with E-state index in [1.54, 1.807) is 19.1 Å². The van der Waals surface area contributed by atoms with Crippen LogP contribution in [0, 0.1) is 17.8 Å². The summed E-state index contributed by atoms with van der Waals surface area (Å²) in [4.78, 5) is 60.9. The average Bonchev–Trinajstić information content (AvgIpc) is 4.08. The first kappa shape index (κ1) is 46.6. The molecular weight excluding hydrogens is 860 g/mol. The number of fused-ring (bicyclic) bond motifs is 3. The Balaban J connectivity index is 1.45. The maximum atomic E-state index is 15.0. The Bertz CT molecular complexity index is 2250. The van der Waals surface area contributed by atoms with Crippen LogP contribution in [0.25, 0.3) is 10.8 Å². The summed E-state index contributed by atoms with van der Waals surface area (Å²) in [5, 5.41) is 13.0. The van der Waals surface area contributed by atoms with Crippen molar-refractivity contribution in [1.29, 1.82) is 0 Å². The number of rotatable bonds is 9. The number of benzene rings is 1. The Morgan fingerprint density at radius 3 is 2.34 bits per heavy atom. The summed E-state index contributed by atoms with van der Waals surface area (Å²) in [6, 6.07) is 0.956. The Kier molecular flexibility index (Phi) is 12.3. The maximum absolute atomic E-state index is 15.0. The highest BCUT2D eigenvalue weighted by Gasteiger charge is 2.64. The molecule has 0 unspecified atom stereocenters. The lowest BCUT2D eigenvalue weighted by molar-refractivity contribution is -0.222. The summed E-state index contributed by atoms with van der Waals surface area (Å²) in [5.41, 5.74) is -6.52. The molecule has 3 fully saturated rings. The number of allylic oxidation sites excluding steroid dienone is 1. The zero-order valence-corrected chi connectivity index (χ0v) is 35.2. The van der Waals surface area contributed by atoms with Crippen LogP contribution in [0.2, 0.25) is 0 Å². The van der Waals surface area contributed by atoms with E-state index in [1.165, 1.54) is 32.2 Å². The number of nitrogens with one attached hydrogen (secondary N) is 2. The third kappa shape index (κ3) is 8.71. The lowest BCUT2D eigenvalue weighted by atomic mass is 9.85. The molecule has 0 spiro atoms. The summed E-state index contributed by atoms with van der Waals surface area (Å²) in [6.07, 6.45) is -10.5. The molecule has 1 aromatic carbocycles. The molecule has 14 nitrogen and oxygen atoms in total. The van der Waals surface area contributed by atoms with Gasteiger partial charge in [0.1, 0.15) is 52.1 Å². The second-order valence-corrected chi connectivity index (χ2v) is 19.5. The van der Waals surface area contributed by atoms with Gasteiger partial charge < -0.3 is 24.8 Å². The fraction of sp³-hybridized carbons (Fsp3) is 0.625. The van der Waals surface area contributed by atoms with Crippen molar-refractivity contribution >= 4 is 44.6 Å². The second kappa shape index (κ2) is 16.3. The van der Waals surface area contributed by atoms with Crippen LogP contribution in [-0.4, -0.2) is 113 Å². The van der Waals surface area contributed by atoms with E-state index in [0.29, 0.717) is 26.7 Å². The predicted octanol–water partition coefficient (Wildman–Crippen LogP) is 6.14. The molecule has 342 valence electrons. The van der Waals surface area contributed by atoms with Gasteiger partial charge in [-0.15, -0.1) is 0 Å². The molecule has 0 radical (unpaired) electrons. The van der Waals surface area contributed by atoms with E-state index in [4.69, 9.17) is 9.47 Å². The fourth-order valence-corrected chi connectivity index (χ4v) is 9.89. The minimum atomic E-state index is -5.21. The van der Waals surface area contributed by atoms with Gasteiger partial charge in [-0.25, -0.2) is 22.6 Å². The minimum absolute atomic E-state index is 0.00157. The van der Waals surface area contributed by atoms with Gasteiger partial charge in [-0.2, -0.15) is 26.3 Å². The van der Waals surface area contributed by atoms with E-state index in [-0.39, 0.29) is 53.0 Å². The first-order valence-electron chi connectivity index (χ1n) is 20.0. The first-order valence-corrected chi connectivity index (χ1v) is 21.4. The standard InChI is InChI=1S/C40H48F7N5O9S/c1-21-8-6-7-9-24-18-38(24,34(55)50-62(58,59)37(20-41)12-13-37)49-31(53)28-17-26(61-32-27-11-10-25(60-5)15-23(27)16-29(48-32)39(42,43)44)19-51(28)33(54)30(22(2)14-21)52(35(56)57)36(3,4)40(45,46)47/h7,9-11,15-16,21-22,24,26,28,30H,6,8,12-14,17-20H2,1-5H3,(H,49,53)(H,50,55)(H,56,57)/t21-,22-,24-,26-,28+,30+,38-/m1/s1. The first-order chi connectivity index (χ1) is 28.7. The van der Waals surface area contributed by atoms with E-state index in [1.807, 2.05) is 4.72 Å². The lowest BCUT2D eigenvalue weighted by Gasteiger charge is -2.45. The molecule has 2 aromatic rings. The third-order valence-corrected chi connectivity index (χ3v) is 14.7. The maximum Gasteiger partial charge on any atom is 0.433 e. The zero-order chi connectivity index (χ0) is 46.0. The molecule has 6 rings (SSSR count). The van der Waals surface area contributed by atoms with Crippen LogP contribution >= 0.6 is 0 Å². The SMILES string of the molecule is COc1ccc2c(O[C@@H]3C[C@H]4C(=O)N[C@]5(C(=O)NS(=O)(=O)C6(CF)CC6)C[C@H]5C=CCC[C@@H](C)C[C@@H](C)[C@H](N(C(=O)O)C(C)(C)C(F)(F)F)C(=O)N4C3)nc(C(F)(F)F)cc2c1. The van der Waals surface area contributed by atoms with Crippen LogP contribution in [-0.2, 0) is 30.6 Å². The van der Waals surface area contributed by atoms with Crippen molar-refractivity contribution in [2.45, 2.75) is 119 Å². The van der Waals surface area contributed by atoms with Crippen LogP contribution in [0.5, 0.6) is 11.6 Å². The quantitative estimate of drug-likeness (QED) is 0.195. The molecule has 2 saturated carbocycles. The van der Waals surface area contributed by atoms with Crippen molar-refractivity contribution < 1.29 is 72.9 Å². The van der Waals surface area contributed by atoms with Crippen LogP contribution in [0.3, 0.4) is 0 Å². The highest BCUT2D eigenvalue weighted by Crippen LogP contribution is 2.48. The van der Waals surface area contributed by atoms with Gasteiger partial charge in [0.2, 0.25) is 27.7 Å². The van der Waals surface area contributed by atoms with Crippen molar-refractivity contribution in [1.82, 2.24) is 24.8 Å². The molecule has 2 aliphatic carbocycles. The fourth-order valence-electron chi connectivity index (χ4n) is 8.46. The number of carbonyl (C=O) groups is 4. The number of carboxylic acid groups (broad SMARTS) is 1. The number of amides is 4. The van der Waals surface area contributed by atoms with Crippen molar-refractivity contribution in [2.75, 3.05) is 20.3 Å². The molecule has 3 N–H and O–H groups in total. The predicted molar refractivity (Wildman–Crippen MR) is 207 cm³/mol. The summed E-state index contributed by atoms with van der Waals surface area (Å²) in [6.45, 7) is 2.36. The number of halogens is 7. The van der Waals surface area contributed by atoms with Gasteiger partial charge in [0, 0.05) is 17.7 Å². The van der Waals surface area contributed by atoms with Crippen molar-refractivity contribution in [2.24, 2.45) is 17.8 Å². The molecule has 4 aliphatic rings. The summed E-state index contributed by atoms with van der Waals surface area (Å²) < 4.78 is 138. The number of hydrogen-bond donors (Lipinski definition) is 3. The molecule has 1 aromatic heterocycles. The Hall–Kier alpha value is -4.89. The number of methoxy groups -OCH3 is 1. The Morgan fingerprint density at radius 2 is 1.76 bits per heavy atom. The summed E-state index contributed by atoms with van der Waals surface area (Å²) in [7, 11) is -3.30. The van der Waals surface area contributed by atoms with Crippen LogP contribution in [0.15, 0.2) is 36.4 Å². The van der Waals surface area contributed by atoms with Crippen LogP contribution in [0.1, 0.15) is 78.3 Å². The molecule has 22 heteroatoms. The molecular formula is C40H48F7N5O9S. The van der Waals surface area contributed by atoms with Gasteiger partial charge in [0.15, 0.2) is 0 Å². The highest BCUT2D eigenvalue weighted by atomic mass is 32.2. The van der Waals surface area contributed by atoms with E-state index >= 15 is 0 Å². The number of carbonyl (C=O) groups excluding carboxylic acids is 3. The highest BCUT2D eigenvalue weighted by molar-refractivity contribution is 7.91. The number of sulfonamides is 1. The molecule has 2 aliphatic heterocycles. The zero-order valence-electron chi connectivity index (χ0n) is 34.4. The number of aromatic nitrogens is 1. The molecule has 0 bridgehead atoms. The minimum Gasteiger partial charge on any atom is -0.497 e. The van der Waals surface area contributed by atoms with Gasteiger partial charge in [0.25, 0.3) is 5.91 Å². The van der Waals surface area contributed by atoms with E-state index in [0.717, 1.165) is 11.0 Å².